The monoisotopic (exact) mass is 676 g/mol. The van der Waals surface area contributed by atoms with Gasteiger partial charge in [0.1, 0.15) is 24.8 Å². The normalized spacial score (nSPS) is 27.6. The number of hydrogen-bond acceptors (Lipinski definition) is 10. The van der Waals surface area contributed by atoms with Gasteiger partial charge in [-0.1, -0.05) is 35.9 Å². The molecule has 4 fully saturated rings. The van der Waals surface area contributed by atoms with Crippen molar-refractivity contribution < 1.29 is 18.8 Å². The van der Waals surface area contributed by atoms with Gasteiger partial charge in [0.15, 0.2) is 0 Å². The molecule has 0 aliphatic carbocycles. The predicted octanol–water partition coefficient (Wildman–Crippen LogP) is 3.80. The van der Waals surface area contributed by atoms with E-state index in [2.05, 4.69) is 49.8 Å². The largest absolute Gasteiger partial charge is 0.461 e. The Morgan fingerprint density at radius 2 is 1.96 bits per heavy atom. The number of alkyl halides is 1. The van der Waals surface area contributed by atoms with Gasteiger partial charge >= 0.3 is 6.01 Å². The Morgan fingerprint density at radius 1 is 1.12 bits per heavy atom. The molecule has 5 aliphatic heterocycles. The van der Waals surface area contributed by atoms with Gasteiger partial charge < -0.3 is 19.4 Å². The predicted molar refractivity (Wildman–Crippen MR) is 183 cm³/mol. The SMILES string of the molecule is CC1NOC(/C=C/C(=O)N2CCN(c3nc(OC[C@@]45CCCN4C[C@H](F)C5)nc4c3CCN(c3cccc5cccc(Cl)c35)C4)CC2)N1. The Hall–Kier alpha value is -3.55. The molecule has 48 heavy (non-hydrogen) atoms. The van der Waals surface area contributed by atoms with E-state index in [4.69, 9.17) is 31.1 Å². The number of aromatic nitrogens is 2. The molecule has 0 spiro atoms. The van der Waals surface area contributed by atoms with Gasteiger partial charge in [-0.15, -0.1) is 0 Å². The zero-order valence-electron chi connectivity index (χ0n) is 27.2. The number of anilines is 2. The maximum absolute atomic E-state index is 14.5. The van der Waals surface area contributed by atoms with Gasteiger partial charge in [-0.3, -0.25) is 19.8 Å². The number of piperazine rings is 1. The van der Waals surface area contributed by atoms with Crippen LogP contribution in [0.4, 0.5) is 15.9 Å². The van der Waals surface area contributed by atoms with Crippen LogP contribution in [-0.2, 0) is 22.6 Å². The summed E-state index contributed by atoms with van der Waals surface area (Å²) in [4.78, 5) is 37.1. The maximum atomic E-state index is 14.5. The standard InChI is InChI=1S/C35H42ClFN8O3/c1-23-38-30(48-41-23)9-10-31(46)42-15-17-43(18-16-42)33-26-11-14-44(29-8-3-6-24-5-2-7-27(36)32(24)29)21-28(26)39-34(40-33)47-22-35-12-4-13-45(35)20-25(37)19-35/h2-3,5-10,23,25,30,38,41H,4,11-22H2,1H3/b10-9+/t23?,25-,30?,35+/m1/s1. The minimum atomic E-state index is -0.828. The van der Waals surface area contributed by atoms with E-state index >= 15 is 0 Å². The highest BCUT2D eigenvalue weighted by Crippen LogP contribution is 2.41. The van der Waals surface area contributed by atoms with E-state index in [1.165, 1.54) is 0 Å². The van der Waals surface area contributed by atoms with Crippen molar-refractivity contribution in [2.24, 2.45) is 0 Å². The number of benzene rings is 2. The fraction of sp³-hybridized carbons (Fsp3) is 0.514. The molecule has 2 aromatic carbocycles. The number of amides is 1. The quantitative estimate of drug-likeness (QED) is 0.360. The first-order valence-electron chi connectivity index (χ1n) is 17.1. The average molecular weight is 677 g/mol. The van der Waals surface area contributed by atoms with Crippen LogP contribution in [0.15, 0.2) is 48.6 Å². The molecule has 2 N–H and O–H groups in total. The molecule has 5 aliphatic rings. The summed E-state index contributed by atoms with van der Waals surface area (Å²) in [6, 6.07) is 12.6. The fourth-order valence-electron chi connectivity index (χ4n) is 8.11. The molecule has 3 aromatic rings. The fourth-order valence-corrected chi connectivity index (χ4v) is 8.38. The lowest BCUT2D eigenvalue weighted by molar-refractivity contribution is -0.126. The minimum absolute atomic E-state index is 0.0263. The number of fused-ring (bicyclic) bond motifs is 3. The first-order valence-corrected chi connectivity index (χ1v) is 17.5. The van der Waals surface area contributed by atoms with Crippen molar-refractivity contribution >= 4 is 39.8 Å². The van der Waals surface area contributed by atoms with Crippen LogP contribution in [0.5, 0.6) is 6.01 Å². The van der Waals surface area contributed by atoms with Crippen LogP contribution in [-0.4, -0.2) is 102 Å². The highest BCUT2D eigenvalue weighted by Gasteiger charge is 2.49. The lowest BCUT2D eigenvalue weighted by Crippen LogP contribution is -2.49. The number of carbonyl (C=O) groups excluding carboxylic acids is 1. The lowest BCUT2D eigenvalue weighted by atomic mass is 9.95. The third-order valence-corrected chi connectivity index (χ3v) is 10.8. The molecule has 1 aromatic heterocycles. The van der Waals surface area contributed by atoms with Gasteiger partial charge in [0, 0.05) is 68.4 Å². The van der Waals surface area contributed by atoms with Gasteiger partial charge in [-0.05, 0) is 56.3 Å². The van der Waals surface area contributed by atoms with E-state index in [-0.39, 0.29) is 23.8 Å². The Balaban J connectivity index is 1.04. The smallest absolute Gasteiger partial charge is 0.318 e. The second kappa shape index (κ2) is 13.1. The number of halogens is 2. The summed E-state index contributed by atoms with van der Waals surface area (Å²) in [5, 5.41) is 6.05. The lowest BCUT2D eigenvalue weighted by Gasteiger charge is -2.38. The summed E-state index contributed by atoms with van der Waals surface area (Å²) in [6.45, 7) is 7.50. The Morgan fingerprint density at radius 3 is 2.77 bits per heavy atom. The summed E-state index contributed by atoms with van der Waals surface area (Å²) in [5.74, 6) is 0.827. The molecule has 4 atom stereocenters. The first-order chi connectivity index (χ1) is 23.3. The van der Waals surface area contributed by atoms with Crippen molar-refractivity contribution in [1.82, 2.24) is 30.6 Å². The van der Waals surface area contributed by atoms with Crippen molar-refractivity contribution in [2.45, 2.75) is 63.3 Å². The number of carbonyl (C=O) groups is 1. The van der Waals surface area contributed by atoms with Crippen molar-refractivity contribution in [3.63, 3.8) is 0 Å². The average Bonchev–Trinajstić information content (AvgIpc) is 3.78. The number of hydroxylamine groups is 1. The zero-order valence-corrected chi connectivity index (χ0v) is 28.0. The highest BCUT2D eigenvalue weighted by atomic mass is 35.5. The number of nitrogens with zero attached hydrogens (tertiary/aromatic N) is 6. The summed E-state index contributed by atoms with van der Waals surface area (Å²) >= 11 is 6.73. The zero-order chi connectivity index (χ0) is 32.8. The van der Waals surface area contributed by atoms with E-state index in [9.17, 15) is 9.18 Å². The molecule has 8 rings (SSSR count). The molecule has 0 radical (unpaired) electrons. The Bertz CT molecular complexity index is 1720. The molecular formula is C35H42ClFN8O3. The summed E-state index contributed by atoms with van der Waals surface area (Å²) in [5.41, 5.74) is 5.66. The number of rotatable bonds is 7. The molecule has 0 bridgehead atoms. The number of nitrogens with one attached hydrogen (secondary N) is 2. The van der Waals surface area contributed by atoms with E-state index in [0.29, 0.717) is 58.3 Å². The summed E-state index contributed by atoms with van der Waals surface area (Å²) in [6.07, 6.45) is 5.40. The maximum Gasteiger partial charge on any atom is 0.318 e. The molecule has 254 valence electrons. The van der Waals surface area contributed by atoms with E-state index in [1.54, 1.807) is 12.2 Å². The van der Waals surface area contributed by atoms with Crippen LogP contribution < -0.4 is 25.3 Å². The molecule has 2 unspecified atom stereocenters. The highest BCUT2D eigenvalue weighted by molar-refractivity contribution is 6.36. The van der Waals surface area contributed by atoms with Crippen LogP contribution in [0.25, 0.3) is 10.8 Å². The van der Waals surface area contributed by atoms with Gasteiger partial charge in [0.05, 0.1) is 29.0 Å². The van der Waals surface area contributed by atoms with E-state index < -0.39 is 6.17 Å². The van der Waals surface area contributed by atoms with Gasteiger partial charge in [0.25, 0.3) is 0 Å². The third-order valence-electron chi connectivity index (χ3n) is 10.5. The number of ether oxygens (including phenoxy) is 1. The second-order valence-electron chi connectivity index (χ2n) is 13.6. The summed E-state index contributed by atoms with van der Waals surface area (Å²) < 4.78 is 21.0. The van der Waals surface area contributed by atoms with E-state index in [1.807, 2.05) is 24.0 Å². The molecule has 11 nitrogen and oxygen atoms in total. The second-order valence-corrected chi connectivity index (χ2v) is 14.0. The van der Waals surface area contributed by atoms with Crippen LogP contribution in [0.2, 0.25) is 5.02 Å². The van der Waals surface area contributed by atoms with Crippen molar-refractivity contribution in [3.05, 3.63) is 64.8 Å². The molecule has 6 heterocycles. The topological polar surface area (TPSA) is 98.3 Å². The van der Waals surface area contributed by atoms with E-state index in [0.717, 1.165) is 70.9 Å². The van der Waals surface area contributed by atoms with Crippen molar-refractivity contribution in [3.8, 4) is 6.01 Å². The molecule has 1 amide bonds. The van der Waals surface area contributed by atoms with Crippen LogP contribution in [0.3, 0.4) is 0 Å². The Labute approximate surface area is 285 Å². The van der Waals surface area contributed by atoms with Crippen LogP contribution in [0, 0.1) is 0 Å². The van der Waals surface area contributed by atoms with Crippen LogP contribution in [0.1, 0.15) is 37.4 Å². The van der Waals surface area contributed by atoms with Gasteiger partial charge in [-0.25, -0.2) is 4.39 Å². The number of hydrogen-bond donors (Lipinski definition) is 2. The molecule has 0 saturated carbocycles. The third kappa shape index (κ3) is 6.09. The Kier molecular flexibility index (Phi) is 8.62. The van der Waals surface area contributed by atoms with Crippen molar-refractivity contribution in [2.75, 3.05) is 62.2 Å². The molecule has 13 heteroatoms. The van der Waals surface area contributed by atoms with Gasteiger partial charge in [-0.2, -0.15) is 15.4 Å². The van der Waals surface area contributed by atoms with Crippen molar-refractivity contribution in [1.29, 1.82) is 0 Å². The van der Waals surface area contributed by atoms with Gasteiger partial charge in [0.2, 0.25) is 5.91 Å². The molecular weight excluding hydrogens is 635 g/mol. The summed E-state index contributed by atoms with van der Waals surface area (Å²) in [7, 11) is 0. The minimum Gasteiger partial charge on any atom is -0.461 e. The first kappa shape index (κ1) is 31.7. The van der Waals surface area contributed by atoms with Crippen LogP contribution >= 0.6 is 11.6 Å². The molecule has 4 saturated heterocycles.